The fraction of sp³-hybridized carbons (Fsp3) is 0.545. The van der Waals surface area contributed by atoms with Crippen LogP contribution >= 0.6 is 0 Å². The maximum Gasteiger partial charge on any atom is 0.143 e. The fourth-order valence-corrected chi connectivity index (χ4v) is 1.27. The van der Waals surface area contributed by atoms with Gasteiger partial charge >= 0.3 is 0 Å². The normalized spacial score (nSPS) is 12.8. The van der Waals surface area contributed by atoms with Crippen molar-refractivity contribution in [3.8, 4) is 0 Å². The summed E-state index contributed by atoms with van der Waals surface area (Å²) >= 11 is 0. The van der Waals surface area contributed by atoms with Crippen LogP contribution in [0.25, 0.3) is 0 Å². The first-order chi connectivity index (χ1) is 6.25. The van der Waals surface area contributed by atoms with Gasteiger partial charge in [-0.05, 0) is 12.8 Å². The number of nitrogens with zero attached hydrogens (tertiary/aromatic N) is 1. The summed E-state index contributed by atoms with van der Waals surface area (Å²) in [6, 6.07) is 1.90. The molecule has 1 aromatic heterocycles. The Morgan fingerprint density at radius 3 is 3.00 bits per heavy atom. The maximum absolute atomic E-state index is 5.09. The molecule has 0 bridgehead atoms. The molecule has 0 saturated carbocycles. The van der Waals surface area contributed by atoms with Crippen LogP contribution in [0.3, 0.4) is 0 Å². The molecule has 0 N–H and O–H groups in total. The van der Waals surface area contributed by atoms with E-state index in [1.807, 2.05) is 6.07 Å². The van der Waals surface area contributed by atoms with Gasteiger partial charge in [-0.2, -0.15) is 0 Å². The summed E-state index contributed by atoms with van der Waals surface area (Å²) in [4.78, 5) is 0. The maximum atomic E-state index is 5.09. The Balaban J connectivity index is 2.48. The molecule has 1 heterocycles. The van der Waals surface area contributed by atoms with Crippen molar-refractivity contribution in [1.82, 2.24) is 5.16 Å². The van der Waals surface area contributed by atoms with Gasteiger partial charge in [-0.3, -0.25) is 0 Å². The molecular weight excluding hydrogens is 162 g/mol. The Kier molecular flexibility index (Phi) is 3.74. The predicted molar refractivity (Wildman–Crippen MR) is 53.6 cm³/mol. The quantitative estimate of drug-likeness (QED) is 0.646. The van der Waals surface area contributed by atoms with Gasteiger partial charge in [0, 0.05) is 12.0 Å². The molecule has 2 heteroatoms. The van der Waals surface area contributed by atoms with Gasteiger partial charge in [0.05, 0.1) is 6.20 Å². The third kappa shape index (κ3) is 2.72. The molecule has 0 aliphatic carbocycles. The van der Waals surface area contributed by atoms with Crippen LogP contribution in [0.1, 0.15) is 44.8 Å². The van der Waals surface area contributed by atoms with E-state index in [4.69, 9.17) is 4.52 Å². The number of hydrogen-bond donors (Lipinski definition) is 0. The molecule has 0 fully saturated rings. The first kappa shape index (κ1) is 10.0. The highest BCUT2D eigenvalue weighted by Gasteiger charge is 2.11. The summed E-state index contributed by atoms with van der Waals surface area (Å²) in [5.74, 6) is 1.22. The second-order valence-electron chi connectivity index (χ2n) is 3.40. The summed E-state index contributed by atoms with van der Waals surface area (Å²) in [5.41, 5.74) is 1.23. The van der Waals surface area contributed by atoms with E-state index in [2.05, 4.69) is 25.6 Å². The summed E-state index contributed by atoms with van der Waals surface area (Å²) in [6.07, 6.45) is 5.18. The van der Waals surface area contributed by atoms with Crippen molar-refractivity contribution < 1.29 is 4.52 Å². The molecule has 1 aromatic rings. The van der Waals surface area contributed by atoms with E-state index < -0.39 is 0 Å². The minimum Gasteiger partial charge on any atom is -0.361 e. The number of unbranched alkanes of at least 4 members (excludes halogenated alkanes) is 1. The van der Waals surface area contributed by atoms with Crippen molar-refractivity contribution in [2.75, 3.05) is 0 Å². The number of aromatic nitrogens is 1. The molecule has 0 aliphatic rings. The van der Waals surface area contributed by atoms with Crippen molar-refractivity contribution in [2.45, 2.75) is 39.0 Å². The molecule has 1 rings (SSSR count). The molecule has 1 unspecified atom stereocenters. The van der Waals surface area contributed by atoms with E-state index in [1.54, 1.807) is 6.20 Å². The van der Waals surface area contributed by atoms with Gasteiger partial charge in [-0.15, -0.1) is 0 Å². The van der Waals surface area contributed by atoms with Crippen LogP contribution < -0.4 is 0 Å². The second-order valence-corrected chi connectivity index (χ2v) is 3.40. The molecule has 72 valence electrons. The van der Waals surface area contributed by atoms with Crippen LogP contribution in [-0.4, -0.2) is 5.16 Å². The molecule has 0 spiro atoms. The first-order valence-electron chi connectivity index (χ1n) is 4.84. The molecule has 0 aromatic carbocycles. The Morgan fingerprint density at radius 1 is 1.69 bits per heavy atom. The van der Waals surface area contributed by atoms with E-state index in [0.717, 1.165) is 12.2 Å². The van der Waals surface area contributed by atoms with Crippen LogP contribution in [0.5, 0.6) is 0 Å². The van der Waals surface area contributed by atoms with Crippen molar-refractivity contribution in [3.63, 3.8) is 0 Å². The van der Waals surface area contributed by atoms with Crippen LogP contribution in [-0.2, 0) is 0 Å². The van der Waals surface area contributed by atoms with Crippen LogP contribution in [0.2, 0.25) is 0 Å². The van der Waals surface area contributed by atoms with Gasteiger partial charge in [-0.1, -0.05) is 37.6 Å². The molecular formula is C11H17NO. The van der Waals surface area contributed by atoms with Crippen molar-refractivity contribution >= 4 is 0 Å². The van der Waals surface area contributed by atoms with Crippen molar-refractivity contribution in [1.29, 1.82) is 0 Å². The molecule has 13 heavy (non-hydrogen) atoms. The average molecular weight is 179 g/mol. The molecule has 0 radical (unpaired) electrons. The number of hydrogen-bond acceptors (Lipinski definition) is 2. The first-order valence-corrected chi connectivity index (χ1v) is 4.84. The average Bonchev–Trinajstić information content (AvgIpc) is 2.65. The third-order valence-electron chi connectivity index (χ3n) is 2.35. The Bertz CT molecular complexity index is 251. The summed E-state index contributed by atoms with van der Waals surface area (Å²) in [6.45, 7) is 8.36. The molecule has 1 atom stereocenters. The van der Waals surface area contributed by atoms with Crippen LogP contribution in [0, 0.1) is 0 Å². The lowest BCUT2D eigenvalue weighted by Gasteiger charge is -2.10. The van der Waals surface area contributed by atoms with E-state index in [9.17, 15) is 0 Å². The summed E-state index contributed by atoms with van der Waals surface area (Å²) < 4.78 is 5.09. The zero-order valence-electron chi connectivity index (χ0n) is 8.42. The van der Waals surface area contributed by atoms with Crippen molar-refractivity contribution in [3.05, 3.63) is 30.2 Å². The predicted octanol–water partition coefficient (Wildman–Crippen LogP) is 3.52. The molecule has 0 saturated heterocycles. The van der Waals surface area contributed by atoms with Crippen molar-refractivity contribution in [2.24, 2.45) is 0 Å². The van der Waals surface area contributed by atoms with Gasteiger partial charge in [-0.25, -0.2) is 0 Å². The van der Waals surface area contributed by atoms with Gasteiger partial charge in [0.2, 0.25) is 0 Å². The van der Waals surface area contributed by atoms with Crippen LogP contribution in [0.15, 0.2) is 28.9 Å². The number of allylic oxidation sites excluding steroid dienone is 1. The van der Waals surface area contributed by atoms with E-state index >= 15 is 0 Å². The van der Waals surface area contributed by atoms with E-state index in [-0.39, 0.29) is 0 Å². The minimum absolute atomic E-state index is 0.300. The highest BCUT2D eigenvalue weighted by molar-refractivity contribution is 5.16. The second kappa shape index (κ2) is 4.85. The zero-order chi connectivity index (χ0) is 9.68. The smallest absolute Gasteiger partial charge is 0.143 e. The van der Waals surface area contributed by atoms with Gasteiger partial charge in [0.25, 0.3) is 0 Å². The minimum atomic E-state index is 0.300. The molecule has 0 aliphatic heterocycles. The molecule has 0 amide bonds. The topological polar surface area (TPSA) is 26.0 Å². The van der Waals surface area contributed by atoms with Gasteiger partial charge in [0.1, 0.15) is 5.76 Å². The fourth-order valence-electron chi connectivity index (χ4n) is 1.27. The van der Waals surface area contributed by atoms with Gasteiger partial charge < -0.3 is 4.52 Å². The lowest BCUT2D eigenvalue weighted by atomic mass is 9.96. The highest BCUT2D eigenvalue weighted by Crippen LogP contribution is 2.25. The standard InChI is InChI=1S/C11H17NO/c1-4-5-6-9(2)10(3)11-7-8-12-13-11/h7-8,10H,2,4-6H2,1,3H3. The largest absolute Gasteiger partial charge is 0.361 e. The zero-order valence-corrected chi connectivity index (χ0v) is 8.42. The Labute approximate surface area is 79.6 Å². The van der Waals surface area contributed by atoms with Gasteiger partial charge in [0.15, 0.2) is 0 Å². The lowest BCUT2D eigenvalue weighted by molar-refractivity contribution is 0.373. The Hall–Kier alpha value is -1.05. The van der Waals surface area contributed by atoms with E-state index in [1.165, 1.54) is 18.4 Å². The summed E-state index contributed by atoms with van der Waals surface area (Å²) in [7, 11) is 0. The number of rotatable bonds is 5. The molecule has 2 nitrogen and oxygen atoms in total. The van der Waals surface area contributed by atoms with E-state index in [0.29, 0.717) is 5.92 Å². The monoisotopic (exact) mass is 179 g/mol. The lowest BCUT2D eigenvalue weighted by Crippen LogP contribution is -1.95. The SMILES string of the molecule is C=C(CCCC)C(C)c1ccno1. The summed E-state index contributed by atoms with van der Waals surface area (Å²) in [5, 5.41) is 3.69. The third-order valence-corrected chi connectivity index (χ3v) is 2.35. The highest BCUT2D eigenvalue weighted by atomic mass is 16.5. The van der Waals surface area contributed by atoms with Crippen LogP contribution in [0.4, 0.5) is 0 Å². The Morgan fingerprint density at radius 2 is 2.46 bits per heavy atom.